The van der Waals surface area contributed by atoms with E-state index in [0.717, 1.165) is 27.8 Å². The van der Waals surface area contributed by atoms with Crippen LogP contribution in [-0.2, 0) is 13.5 Å². The zero-order valence-electron chi connectivity index (χ0n) is 18.7. The van der Waals surface area contributed by atoms with E-state index in [0.29, 0.717) is 37.4 Å². The van der Waals surface area contributed by atoms with Crippen molar-refractivity contribution in [2.75, 3.05) is 38.1 Å². The van der Waals surface area contributed by atoms with Gasteiger partial charge in [-0.05, 0) is 24.3 Å². The van der Waals surface area contributed by atoms with Gasteiger partial charge >= 0.3 is 0 Å². The first-order valence-electron chi connectivity index (χ1n) is 10.9. The number of aromatic nitrogens is 5. The molecule has 5 heterocycles. The Morgan fingerprint density at radius 1 is 1.06 bits per heavy atom. The summed E-state index contributed by atoms with van der Waals surface area (Å²) in [7, 11) is 3.68. The highest BCUT2D eigenvalue weighted by molar-refractivity contribution is 5.98. The van der Waals surface area contributed by atoms with Crippen molar-refractivity contribution in [2.24, 2.45) is 7.05 Å². The summed E-state index contributed by atoms with van der Waals surface area (Å²) >= 11 is 0. The van der Waals surface area contributed by atoms with E-state index in [-0.39, 0.29) is 16.9 Å². The molecule has 1 fully saturated rings. The molecule has 0 radical (unpaired) electrons. The zero-order chi connectivity index (χ0) is 23.0. The average molecular weight is 445 g/mol. The van der Waals surface area contributed by atoms with Crippen molar-refractivity contribution in [3.05, 3.63) is 66.5 Å². The highest BCUT2D eigenvalue weighted by atomic mass is 16.5. The Bertz CT molecular complexity index is 1320. The summed E-state index contributed by atoms with van der Waals surface area (Å²) in [5.74, 6) is 0.749. The normalized spacial score (nSPS) is 15.7. The number of carbonyl (C=O) groups is 1. The van der Waals surface area contributed by atoms with Gasteiger partial charge < -0.3 is 4.90 Å². The van der Waals surface area contributed by atoms with E-state index in [2.05, 4.69) is 25.0 Å². The number of fused-ring (bicyclic) bond motifs is 1. The predicted octanol–water partition coefficient (Wildman–Crippen LogP) is 2.51. The molecule has 1 aliphatic heterocycles. The molecule has 0 bridgehead atoms. The molecule has 0 spiro atoms. The van der Waals surface area contributed by atoms with Gasteiger partial charge in [0.1, 0.15) is 18.9 Å². The fourth-order valence-electron chi connectivity index (χ4n) is 4.06. The lowest BCUT2D eigenvalue weighted by Crippen LogP contribution is -2.55. The third-order valence-electron chi connectivity index (χ3n) is 6.10. The number of rotatable bonds is 5. The largest absolute Gasteiger partial charge is 0.345 e. The molecule has 1 aliphatic rings. The first-order valence-corrected chi connectivity index (χ1v) is 10.9. The van der Waals surface area contributed by atoms with Crippen molar-refractivity contribution in [1.29, 1.82) is 0 Å². The number of hydroxylamine groups is 3. The van der Waals surface area contributed by atoms with Gasteiger partial charge in [-0.2, -0.15) is 9.75 Å². The quantitative estimate of drug-likeness (QED) is 0.373. The van der Waals surface area contributed by atoms with Crippen molar-refractivity contribution in [3.8, 4) is 11.1 Å². The molecular weight excluding hydrogens is 418 g/mol. The van der Waals surface area contributed by atoms with E-state index in [4.69, 9.17) is 0 Å². The average Bonchev–Trinajstić information content (AvgIpc) is 3.25. The van der Waals surface area contributed by atoms with Gasteiger partial charge in [0.05, 0.1) is 44.5 Å². The summed E-state index contributed by atoms with van der Waals surface area (Å²) in [4.78, 5) is 28.5. The summed E-state index contributed by atoms with van der Waals surface area (Å²) in [5.41, 5.74) is 4.04. The number of hydrogen-bond acceptors (Lipinski definition) is 7. The molecule has 1 N–H and O–H groups in total. The molecule has 0 aliphatic carbocycles. The molecule has 0 amide bonds. The molecule has 0 aromatic carbocycles. The van der Waals surface area contributed by atoms with Gasteiger partial charge in [0.25, 0.3) is 0 Å². The zero-order valence-corrected chi connectivity index (χ0v) is 18.7. The number of anilines is 1. The molecule has 9 heteroatoms. The number of likely N-dealkylation sites (N-methyl/N-ethyl adjacent to an activating group) is 1. The summed E-state index contributed by atoms with van der Waals surface area (Å²) in [6.45, 7) is 2.62. The summed E-state index contributed by atoms with van der Waals surface area (Å²) < 4.78 is 1.77. The minimum atomic E-state index is -0.0124. The number of carbonyl (C=O) groups excluding carboxylic acids is 1. The first kappa shape index (κ1) is 21.2. The Morgan fingerprint density at radius 3 is 2.64 bits per heavy atom. The summed E-state index contributed by atoms with van der Waals surface area (Å²) in [5, 5.41) is 15.3. The van der Waals surface area contributed by atoms with Gasteiger partial charge in [-0.15, -0.1) is 0 Å². The standard InChI is InChI=1S/C24H26N7O2/c1-29-16-20(14-28-29)19-9-18-10-21(26-15-22(18)27-13-19)12-23(32)17-3-4-25-24(11-17)30-5-7-31(2,33)8-6-30/h3-4,9-11,13-16,33H,5-8,12H2,1-2H3/q+1. The van der Waals surface area contributed by atoms with Crippen LogP contribution in [0.3, 0.4) is 0 Å². The van der Waals surface area contributed by atoms with E-state index in [1.54, 1.807) is 36.4 Å². The van der Waals surface area contributed by atoms with Crippen LogP contribution in [0.2, 0.25) is 0 Å². The molecule has 0 unspecified atom stereocenters. The highest BCUT2D eigenvalue weighted by Gasteiger charge is 2.28. The van der Waals surface area contributed by atoms with Crippen LogP contribution >= 0.6 is 0 Å². The van der Waals surface area contributed by atoms with Gasteiger partial charge in [0.15, 0.2) is 5.78 Å². The molecule has 1 saturated heterocycles. The predicted molar refractivity (Wildman–Crippen MR) is 124 cm³/mol. The Hall–Kier alpha value is -3.69. The minimum Gasteiger partial charge on any atom is -0.345 e. The Balaban J connectivity index is 1.34. The third kappa shape index (κ3) is 4.59. The number of aryl methyl sites for hydroxylation is 1. The molecule has 168 valence electrons. The summed E-state index contributed by atoms with van der Waals surface area (Å²) in [6.07, 6.45) is 9.13. The van der Waals surface area contributed by atoms with Crippen LogP contribution in [0.15, 0.2) is 55.2 Å². The van der Waals surface area contributed by atoms with Crippen LogP contribution in [0.1, 0.15) is 16.1 Å². The third-order valence-corrected chi connectivity index (χ3v) is 6.10. The molecular formula is C24H26N7O2+. The lowest BCUT2D eigenvalue weighted by Gasteiger charge is -2.36. The van der Waals surface area contributed by atoms with E-state index in [1.165, 1.54) is 0 Å². The highest BCUT2D eigenvalue weighted by Crippen LogP contribution is 2.23. The van der Waals surface area contributed by atoms with E-state index >= 15 is 0 Å². The van der Waals surface area contributed by atoms with Crippen molar-refractivity contribution in [1.82, 2.24) is 24.7 Å². The number of Topliss-reactive ketones (excluding diaryl/α,β-unsaturated/α-hetero) is 1. The first-order chi connectivity index (χ1) is 15.9. The van der Waals surface area contributed by atoms with E-state index in [9.17, 15) is 10.0 Å². The van der Waals surface area contributed by atoms with Crippen LogP contribution in [0.4, 0.5) is 5.82 Å². The number of hydrogen-bond donors (Lipinski definition) is 1. The van der Waals surface area contributed by atoms with Crippen molar-refractivity contribution < 1.29 is 14.6 Å². The Kier molecular flexibility index (Phi) is 5.35. The topological polar surface area (TPSA) is 97.0 Å². The van der Waals surface area contributed by atoms with Gasteiger partial charge in [0.2, 0.25) is 0 Å². The maximum absolute atomic E-state index is 13.0. The fourth-order valence-corrected chi connectivity index (χ4v) is 4.06. The minimum absolute atomic E-state index is 0.0124. The van der Waals surface area contributed by atoms with Crippen molar-refractivity contribution in [3.63, 3.8) is 0 Å². The van der Waals surface area contributed by atoms with Gasteiger partial charge in [0, 0.05) is 53.4 Å². The lowest BCUT2D eigenvalue weighted by atomic mass is 10.0. The Labute approximate surface area is 191 Å². The van der Waals surface area contributed by atoms with E-state index in [1.807, 2.05) is 37.6 Å². The van der Waals surface area contributed by atoms with Crippen molar-refractivity contribution in [2.45, 2.75) is 6.42 Å². The smallest absolute Gasteiger partial charge is 0.169 e. The van der Waals surface area contributed by atoms with Gasteiger partial charge in [-0.25, -0.2) is 10.2 Å². The SMILES string of the molecule is Cn1cc(-c2cnc3cnc(CC(=O)c4ccnc(N5CC[N+](C)(O)CC5)c4)cc3c2)cn1. The number of ketones is 1. The van der Waals surface area contributed by atoms with Crippen LogP contribution in [0.5, 0.6) is 0 Å². The van der Waals surface area contributed by atoms with Gasteiger partial charge in [-0.1, -0.05) is 0 Å². The number of piperazine rings is 1. The van der Waals surface area contributed by atoms with Gasteiger partial charge in [-0.3, -0.25) is 19.4 Å². The lowest BCUT2D eigenvalue weighted by molar-refractivity contribution is -1.09. The molecule has 0 saturated carbocycles. The number of quaternary nitrogens is 1. The van der Waals surface area contributed by atoms with Crippen LogP contribution in [0.25, 0.3) is 22.0 Å². The molecule has 4 aromatic rings. The number of nitrogens with zero attached hydrogens (tertiary/aromatic N) is 7. The maximum Gasteiger partial charge on any atom is 0.169 e. The molecule has 0 atom stereocenters. The van der Waals surface area contributed by atoms with Crippen molar-refractivity contribution >= 4 is 22.5 Å². The fraction of sp³-hybridized carbons (Fsp3) is 0.292. The van der Waals surface area contributed by atoms with Crippen LogP contribution in [0, 0.1) is 0 Å². The monoisotopic (exact) mass is 444 g/mol. The second-order valence-corrected chi connectivity index (χ2v) is 8.77. The Morgan fingerprint density at radius 2 is 1.88 bits per heavy atom. The molecule has 4 aromatic heterocycles. The molecule has 9 nitrogen and oxygen atoms in total. The van der Waals surface area contributed by atoms with E-state index < -0.39 is 0 Å². The maximum atomic E-state index is 13.0. The molecule has 33 heavy (non-hydrogen) atoms. The second kappa shape index (κ2) is 8.34. The number of pyridine rings is 3. The second-order valence-electron chi connectivity index (χ2n) is 8.77. The van der Waals surface area contributed by atoms with Crippen LogP contribution in [-0.4, -0.2) is 73.6 Å². The molecule has 5 rings (SSSR count). The summed E-state index contributed by atoms with van der Waals surface area (Å²) in [6, 6.07) is 7.54. The van der Waals surface area contributed by atoms with Crippen LogP contribution < -0.4 is 4.90 Å².